The van der Waals surface area contributed by atoms with Gasteiger partial charge in [-0.05, 0) is 30.3 Å². The predicted octanol–water partition coefficient (Wildman–Crippen LogP) is 3.16. The van der Waals surface area contributed by atoms with Gasteiger partial charge in [-0.15, -0.1) is 0 Å². The van der Waals surface area contributed by atoms with Gasteiger partial charge in [-0.25, -0.2) is 0 Å². The van der Waals surface area contributed by atoms with Gasteiger partial charge in [-0.2, -0.15) is 0 Å². The maximum atomic E-state index is 11.8. The summed E-state index contributed by atoms with van der Waals surface area (Å²) in [6, 6.07) is 8.01. The third kappa shape index (κ3) is 6.78. The number of furan rings is 1. The van der Waals surface area contributed by atoms with E-state index < -0.39 is 18.5 Å². The van der Waals surface area contributed by atoms with Crippen molar-refractivity contribution in [3.63, 3.8) is 0 Å². The first-order valence-corrected chi connectivity index (χ1v) is 8.39. The minimum Gasteiger partial charge on any atom is -0.467 e. The molecule has 2 aromatic rings. The van der Waals surface area contributed by atoms with E-state index in [1.165, 1.54) is 18.4 Å². The van der Waals surface area contributed by atoms with Crippen molar-refractivity contribution < 1.29 is 23.5 Å². The van der Waals surface area contributed by atoms with Crippen molar-refractivity contribution in [1.29, 1.82) is 0 Å². The average molecular weight is 399 g/mol. The fourth-order valence-electron chi connectivity index (χ4n) is 1.90. The number of ether oxygens (including phenoxy) is 1. The van der Waals surface area contributed by atoms with E-state index in [9.17, 15) is 14.4 Å². The zero-order valence-corrected chi connectivity index (χ0v) is 15.1. The molecule has 26 heavy (non-hydrogen) atoms. The molecular weight excluding hydrogens is 383 g/mol. The molecule has 2 amide bonds. The number of hydrogen-bond acceptors (Lipinski definition) is 5. The fourth-order valence-corrected chi connectivity index (χ4v) is 2.35. The summed E-state index contributed by atoms with van der Waals surface area (Å²) in [6.07, 6.45) is 1.31. The number of esters is 1. The number of hydrogen-bond donors (Lipinski definition) is 2. The second-order valence-electron chi connectivity index (χ2n) is 5.19. The molecule has 9 heteroatoms. The molecule has 2 N–H and O–H groups in total. The van der Waals surface area contributed by atoms with Crippen molar-refractivity contribution in [3.05, 3.63) is 52.4 Å². The molecule has 7 nitrogen and oxygen atoms in total. The van der Waals surface area contributed by atoms with Gasteiger partial charge >= 0.3 is 5.97 Å². The molecule has 2 rings (SSSR count). The number of carbonyl (C=O) groups is 3. The van der Waals surface area contributed by atoms with Crippen LogP contribution in [0.1, 0.15) is 18.6 Å². The van der Waals surface area contributed by atoms with Crippen molar-refractivity contribution in [2.45, 2.75) is 19.4 Å². The maximum absolute atomic E-state index is 11.8. The molecule has 0 fully saturated rings. The molecule has 0 radical (unpaired) electrons. The highest BCUT2D eigenvalue weighted by atomic mass is 35.5. The first-order valence-electron chi connectivity index (χ1n) is 7.63. The van der Waals surface area contributed by atoms with Gasteiger partial charge in [-0.3, -0.25) is 14.4 Å². The van der Waals surface area contributed by atoms with Crippen molar-refractivity contribution in [2.24, 2.45) is 0 Å². The number of rotatable bonds is 8. The molecule has 0 atom stereocenters. The minimum absolute atomic E-state index is 0.0514. The van der Waals surface area contributed by atoms with E-state index in [0.29, 0.717) is 16.5 Å². The second kappa shape index (κ2) is 9.84. The summed E-state index contributed by atoms with van der Waals surface area (Å²) in [4.78, 5) is 35.0. The molecule has 0 aliphatic heterocycles. The van der Waals surface area contributed by atoms with Gasteiger partial charge in [0, 0.05) is 11.4 Å². The largest absolute Gasteiger partial charge is 0.467 e. The summed E-state index contributed by atoms with van der Waals surface area (Å²) in [5.41, 5.74) is 0.356. The maximum Gasteiger partial charge on any atom is 0.306 e. The first-order chi connectivity index (χ1) is 12.4. The van der Waals surface area contributed by atoms with Crippen molar-refractivity contribution in [3.8, 4) is 0 Å². The van der Waals surface area contributed by atoms with Gasteiger partial charge < -0.3 is 19.8 Å². The number of carbonyl (C=O) groups excluding carboxylic acids is 3. The number of anilines is 1. The Balaban J connectivity index is 1.64. The average Bonchev–Trinajstić information content (AvgIpc) is 3.12. The number of amides is 2. The SMILES string of the molecule is O=C(CCC(=O)OCC(=O)Nc1ccc(Cl)cc1Cl)NCc1ccco1. The van der Waals surface area contributed by atoms with Crippen LogP contribution in [0.15, 0.2) is 41.0 Å². The molecule has 0 unspecified atom stereocenters. The van der Waals surface area contributed by atoms with Crippen LogP contribution in [0.25, 0.3) is 0 Å². The minimum atomic E-state index is -0.657. The third-order valence-corrected chi connectivity index (χ3v) is 3.71. The molecule has 0 spiro atoms. The number of benzene rings is 1. The summed E-state index contributed by atoms with van der Waals surface area (Å²) in [7, 11) is 0. The summed E-state index contributed by atoms with van der Waals surface area (Å²) in [6.45, 7) is -0.239. The highest BCUT2D eigenvalue weighted by Gasteiger charge is 2.12. The van der Waals surface area contributed by atoms with Crippen LogP contribution in [-0.2, 0) is 25.7 Å². The zero-order chi connectivity index (χ0) is 18.9. The third-order valence-electron chi connectivity index (χ3n) is 3.17. The van der Waals surface area contributed by atoms with Crippen LogP contribution in [0, 0.1) is 0 Å². The van der Waals surface area contributed by atoms with Gasteiger partial charge in [-0.1, -0.05) is 23.2 Å². The van der Waals surface area contributed by atoms with E-state index in [1.807, 2.05) is 0 Å². The van der Waals surface area contributed by atoms with Crippen LogP contribution >= 0.6 is 23.2 Å². The van der Waals surface area contributed by atoms with E-state index in [-0.39, 0.29) is 30.3 Å². The van der Waals surface area contributed by atoms with Crippen LogP contribution < -0.4 is 10.6 Å². The predicted molar refractivity (Wildman–Crippen MR) is 95.8 cm³/mol. The van der Waals surface area contributed by atoms with Crippen molar-refractivity contribution in [1.82, 2.24) is 5.32 Å². The van der Waals surface area contributed by atoms with Gasteiger partial charge in [0.25, 0.3) is 5.91 Å². The normalized spacial score (nSPS) is 10.2. The summed E-state index contributed by atoms with van der Waals surface area (Å²) in [5.74, 6) is -0.922. The van der Waals surface area contributed by atoms with Gasteiger partial charge in [0.1, 0.15) is 5.76 Å². The van der Waals surface area contributed by atoms with Crippen LogP contribution in [0.4, 0.5) is 5.69 Å². The number of halogens is 2. The van der Waals surface area contributed by atoms with Crippen LogP contribution in [-0.4, -0.2) is 24.4 Å². The Bertz CT molecular complexity index is 777. The Morgan fingerprint density at radius 1 is 1.08 bits per heavy atom. The summed E-state index contributed by atoms with van der Waals surface area (Å²) >= 11 is 11.7. The molecule has 138 valence electrons. The Labute approximate surface area is 159 Å². The Morgan fingerprint density at radius 3 is 2.58 bits per heavy atom. The fraction of sp³-hybridized carbons (Fsp3) is 0.235. The molecule has 1 aromatic carbocycles. The number of nitrogens with one attached hydrogen (secondary N) is 2. The van der Waals surface area contributed by atoms with Crippen molar-refractivity contribution in [2.75, 3.05) is 11.9 Å². The molecule has 0 bridgehead atoms. The molecule has 0 aliphatic rings. The van der Waals surface area contributed by atoms with E-state index in [1.54, 1.807) is 18.2 Å². The lowest BCUT2D eigenvalue weighted by molar-refractivity contribution is -0.148. The molecular formula is C17H16Cl2N2O5. The van der Waals surface area contributed by atoms with Gasteiger partial charge in [0.15, 0.2) is 6.61 Å². The monoisotopic (exact) mass is 398 g/mol. The molecule has 0 saturated carbocycles. The summed E-state index contributed by atoms with van der Waals surface area (Å²) in [5, 5.41) is 5.80. The lowest BCUT2D eigenvalue weighted by Gasteiger charge is -2.08. The molecule has 0 aliphatic carbocycles. The smallest absolute Gasteiger partial charge is 0.306 e. The summed E-state index contributed by atoms with van der Waals surface area (Å²) < 4.78 is 9.89. The Morgan fingerprint density at radius 2 is 1.88 bits per heavy atom. The highest BCUT2D eigenvalue weighted by Crippen LogP contribution is 2.25. The van der Waals surface area contributed by atoms with E-state index in [4.69, 9.17) is 32.4 Å². The second-order valence-corrected chi connectivity index (χ2v) is 6.03. The van der Waals surface area contributed by atoms with Crippen LogP contribution in [0.2, 0.25) is 10.0 Å². The van der Waals surface area contributed by atoms with Gasteiger partial charge in [0.2, 0.25) is 5.91 Å². The first kappa shape index (κ1) is 19.8. The lowest BCUT2D eigenvalue weighted by atomic mass is 10.3. The van der Waals surface area contributed by atoms with E-state index in [2.05, 4.69) is 10.6 Å². The molecule has 1 aromatic heterocycles. The van der Waals surface area contributed by atoms with Crippen LogP contribution in [0.5, 0.6) is 0 Å². The topological polar surface area (TPSA) is 97.6 Å². The highest BCUT2D eigenvalue weighted by molar-refractivity contribution is 6.36. The standard InChI is InChI=1S/C17H16Cl2N2O5/c18-11-3-4-14(13(19)8-11)21-16(23)10-26-17(24)6-5-15(22)20-9-12-2-1-7-25-12/h1-4,7-8H,5-6,9-10H2,(H,20,22)(H,21,23). The molecule has 1 heterocycles. The Hall–Kier alpha value is -2.51. The Kier molecular flexibility index (Phi) is 7.50. The zero-order valence-electron chi connectivity index (χ0n) is 13.6. The van der Waals surface area contributed by atoms with E-state index in [0.717, 1.165) is 0 Å². The van der Waals surface area contributed by atoms with Crippen molar-refractivity contribution >= 4 is 46.7 Å². The van der Waals surface area contributed by atoms with Crippen LogP contribution in [0.3, 0.4) is 0 Å². The quantitative estimate of drug-likeness (QED) is 0.665. The van der Waals surface area contributed by atoms with E-state index >= 15 is 0 Å². The van der Waals surface area contributed by atoms with Gasteiger partial charge in [0.05, 0.1) is 29.9 Å². The lowest BCUT2D eigenvalue weighted by Crippen LogP contribution is -2.24. The molecule has 0 saturated heterocycles.